The van der Waals surface area contributed by atoms with Crippen molar-refractivity contribution in [1.82, 2.24) is 4.90 Å². The average Bonchev–Trinajstić information content (AvgIpc) is 2.79. The summed E-state index contributed by atoms with van der Waals surface area (Å²) in [6.07, 6.45) is 3.98. The highest BCUT2D eigenvalue weighted by atomic mass is 16.5. The molecule has 1 fully saturated rings. The lowest BCUT2D eigenvalue weighted by molar-refractivity contribution is 0.142. The number of carbonyl (C=O) groups excluding carboxylic acids is 1. The first-order chi connectivity index (χ1) is 11.4. The Labute approximate surface area is 145 Å². The number of aliphatic hydroxyl groups excluding tert-OH is 1. The summed E-state index contributed by atoms with van der Waals surface area (Å²) in [6.45, 7) is 7.09. The zero-order valence-electron chi connectivity index (χ0n) is 15.3. The maximum atomic E-state index is 12.8. The molecule has 2 N–H and O–H groups in total. The predicted molar refractivity (Wildman–Crippen MR) is 96.8 cm³/mol. The fraction of sp³-hybridized carbons (Fsp3) is 0.632. The molecule has 0 saturated carbocycles. The van der Waals surface area contributed by atoms with Crippen LogP contribution >= 0.6 is 0 Å². The lowest BCUT2D eigenvalue weighted by Gasteiger charge is -2.29. The van der Waals surface area contributed by atoms with Gasteiger partial charge in [-0.15, -0.1) is 0 Å². The van der Waals surface area contributed by atoms with Crippen LogP contribution in [0.2, 0.25) is 0 Å². The summed E-state index contributed by atoms with van der Waals surface area (Å²) in [5.41, 5.74) is 1.80. The van der Waals surface area contributed by atoms with E-state index < -0.39 is 0 Å². The number of hydrogen-bond donors (Lipinski definition) is 2. The third-order valence-corrected chi connectivity index (χ3v) is 4.66. The van der Waals surface area contributed by atoms with Crippen molar-refractivity contribution < 1.29 is 14.6 Å². The molecule has 0 radical (unpaired) electrons. The number of nitrogens with one attached hydrogen (secondary N) is 1. The van der Waals surface area contributed by atoms with E-state index >= 15 is 0 Å². The molecule has 0 aliphatic carbocycles. The summed E-state index contributed by atoms with van der Waals surface area (Å²) in [4.78, 5) is 14.5. The molecular formula is C19H30N2O3. The molecule has 1 aromatic rings. The highest BCUT2D eigenvalue weighted by Crippen LogP contribution is 2.32. The van der Waals surface area contributed by atoms with Crippen LogP contribution in [-0.2, 0) is 5.41 Å². The van der Waals surface area contributed by atoms with E-state index in [0.29, 0.717) is 18.0 Å². The van der Waals surface area contributed by atoms with Crippen LogP contribution < -0.4 is 10.1 Å². The van der Waals surface area contributed by atoms with E-state index in [-0.39, 0.29) is 24.1 Å². The Balaban J connectivity index is 2.23. The van der Waals surface area contributed by atoms with Gasteiger partial charge in [-0.25, -0.2) is 4.79 Å². The minimum Gasteiger partial charge on any atom is -0.495 e. The number of likely N-dealkylation sites (tertiary alicyclic amines) is 1. The van der Waals surface area contributed by atoms with Gasteiger partial charge in [0.05, 0.1) is 25.4 Å². The summed E-state index contributed by atoms with van der Waals surface area (Å²) in [5, 5.41) is 12.6. The smallest absolute Gasteiger partial charge is 0.322 e. The standard InChI is InChI=1S/C19H30N2O3/c1-19(2,3)14-9-10-17(24-4)16(12-14)20-18(23)21-11-7-5-6-8-15(21)13-22/h9-10,12,15,22H,5-8,11,13H2,1-4H3,(H,20,23)/t15-/m0/s1. The maximum Gasteiger partial charge on any atom is 0.322 e. The Morgan fingerprint density at radius 3 is 2.71 bits per heavy atom. The minimum absolute atomic E-state index is 0.00653. The molecule has 2 amide bonds. The van der Waals surface area contributed by atoms with Gasteiger partial charge in [-0.3, -0.25) is 0 Å². The number of carbonyl (C=O) groups is 1. The van der Waals surface area contributed by atoms with Gasteiger partial charge in [0.15, 0.2) is 0 Å². The summed E-state index contributed by atoms with van der Waals surface area (Å²) in [7, 11) is 1.60. The van der Waals surface area contributed by atoms with Crippen molar-refractivity contribution in [2.75, 3.05) is 25.6 Å². The molecule has 5 nitrogen and oxygen atoms in total. The van der Waals surface area contributed by atoms with Gasteiger partial charge in [0, 0.05) is 6.54 Å². The molecule has 2 rings (SSSR count). The van der Waals surface area contributed by atoms with Crippen molar-refractivity contribution in [3.05, 3.63) is 23.8 Å². The normalized spacial score (nSPS) is 18.9. The molecule has 0 bridgehead atoms. The summed E-state index contributed by atoms with van der Waals surface area (Å²) >= 11 is 0. The predicted octanol–water partition coefficient (Wildman–Crippen LogP) is 3.76. The number of amides is 2. The van der Waals surface area contributed by atoms with E-state index in [1.807, 2.05) is 18.2 Å². The van der Waals surface area contributed by atoms with Crippen LogP contribution in [-0.4, -0.2) is 42.3 Å². The molecule has 0 spiro atoms. The van der Waals surface area contributed by atoms with Crippen molar-refractivity contribution >= 4 is 11.7 Å². The average molecular weight is 334 g/mol. The number of hydrogen-bond acceptors (Lipinski definition) is 3. The highest BCUT2D eigenvalue weighted by Gasteiger charge is 2.26. The van der Waals surface area contributed by atoms with Crippen LogP contribution in [0.15, 0.2) is 18.2 Å². The second kappa shape index (κ2) is 7.88. The van der Waals surface area contributed by atoms with Crippen molar-refractivity contribution in [3.63, 3.8) is 0 Å². The Morgan fingerprint density at radius 2 is 2.08 bits per heavy atom. The van der Waals surface area contributed by atoms with Crippen LogP contribution in [0.4, 0.5) is 10.5 Å². The van der Waals surface area contributed by atoms with Gasteiger partial charge < -0.3 is 20.1 Å². The largest absolute Gasteiger partial charge is 0.495 e. The Bertz CT molecular complexity index is 566. The topological polar surface area (TPSA) is 61.8 Å². The van der Waals surface area contributed by atoms with Crippen molar-refractivity contribution in [2.24, 2.45) is 0 Å². The lowest BCUT2D eigenvalue weighted by atomic mass is 9.87. The summed E-state index contributed by atoms with van der Waals surface area (Å²) in [5.74, 6) is 0.645. The molecule has 134 valence electrons. The van der Waals surface area contributed by atoms with Gasteiger partial charge in [0.25, 0.3) is 0 Å². The van der Waals surface area contributed by atoms with Gasteiger partial charge in [-0.05, 0) is 36.0 Å². The number of ether oxygens (including phenoxy) is 1. The molecule has 1 atom stereocenters. The minimum atomic E-state index is -0.166. The Hall–Kier alpha value is -1.75. The molecule has 1 aliphatic heterocycles. The van der Waals surface area contributed by atoms with E-state index in [1.165, 1.54) is 0 Å². The van der Waals surface area contributed by atoms with E-state index in [2.05, 4.69) is 26.1 Å². The number of anilines is 1. The summed E-state index contributed by atoms with van der Waals surface area (Å²) in [6, 6.07) is 5.62. The molecule has 24 heavy (non-hydrogen) atoms. The van der Waals surface area contributed by atoms with Crippen LogP contribution in [0.1, 0.15) is 52.0 Å². The van der Waals surface area contributed by atoms with E-state index in [1.54, 1.807) is 12.0 Å². The highest BCUT2D eigenvalue weighted by molar-refractivity contribution is 5.91. The van der Waals surface area contributed by atoms with Gasteiger partial charge in [0.2, 0.25) is 0 Å². The number of urea groups is 1. The first-order valence-corrected chi connectivity index (χ1v) is 8.74. The molecule has 1 aromatic carbocycles. The fourth-order valence-corrected chi connectivity index (χ4v) is 3.09. The zero-order chi connectivity index (χ0) is 17.7. The second-order valence-corrected chi connectivity index (χ2v) is 7.47. The van der Waals surface area contributed by atoms with E-state index in [4.69, 9.17) is 4.74 Å². The van der Waals surface area contributed by atoms with Crippen LogP contribution in [0.25, 0.3) is 0 Å². The molecular weight excluding hydrogens is 304 g/mol. The van der Waals surface area contributed by atoms with E-state index in [9.17, 15) is 9.90 Å². The number of aliphatic hydroxyl groups is 1. The SMILES string of the molecule is COc1ccc(C(C)(C)C)cc1NC(=O)N1CCCCC[C@H]1CO. The second-order valence-electron chi connectivity index (χ2n) is 7.47. The maximum absolute atomic E-state index is 12.8. The molecule has 0 unspecified atom stereocenters. The lowest BCUT2D eigenvalue weighted by Crippen LogP contribution is -2.44. The Morgan fingerprint density at radius 1 is 1.33 bits per heavy atom. The van der Waals surface area contributed by atoms with Gasteiger partial charge in [0.1, 0.15) is 5.75 Å². The van der Waals surface area contributed by atoms with Crippen LogP contribution in [0.5, 0.6) is 5.75 Å². The van der Waals surface area contributed by atoms with Gasteiger partial charge in [-0.2, -0.15) is 0 Å². The molecule has 1 aliphatic rings. The number of benzene rings is 1. The Kier molecular flexibility index (Phi) is 6.10. The van der Waals surface area contributed by atoms with Crippen molar-refractivity contribution in [1.29, 1.82) is 0 Å². The van der Waals surface area contributed by atoms with Crippen LogP contribution in [0.3, 0.4) is 0 Å². The monoisotopic (exact) mass is 334 g/mol. The quantitative estimate of drug-likeness (QED) is 0.885. The van der Waals surface area contributed by atoms with Crippen LogP contribution in [0, 0.1) is 0 Å². The van der Waals surface area contributed by atoms with Gasteiger partial charge in [-0.1, -0.05) is 39.7 Å². The first kappa shape index (κ1) is 18.6. The number of rotatable bonds is 3. The summed E-state index contributed by atoms with van der Waals surface area (Å²) < 4.78 is 5.40. The molecule has 0 aromatic heterocycles. The zero-order valence-corrected chi connectivity index (χ0v) is 15.3. The number of nitrogens with zero attached hydrogens (tertiary/aromatic N) is 1. The first-order valence-electron chi connectivity index (χ1n) is 8.74. The third kappa shape index (κ3) is 4.41. The van der Waals surface area contributed by atoms with Gasteiger partial charge >= 0.3 is 6.03 Å². The van der Waals surface area contributed by atoms with Crippen molar-refractivity contribution in [2.45, 2.75) is 57.9 Å². The molecule has 5 heteroatoms. The van der Waals surface area contributed by atoms with E-state index in [0.717, 1.165) is 31.2 Å². The number of methoxy groups -OCH3 is 1. The molecule has 1 saturated heterocycles. The molecule has 1 heterocycles. The van der Waals surface area contributed by atoms with Crippen molar-refractivity contribution in [3.8, 4) is 5.75 Å². The fourth-order valence-electron chi connectivity index (χ4n) is 3.09. The third-order valence-electron chi connectivity index (χ3n) is 4.66.